The topological polar surface area (TPSA) is 153 Å². The molecule has 0 aliphatic heterocycles. The van der Waals surface area contributed by atoms with Gasteiger partial charge in [-0.3, -0.25) is 4.79 Å². The van der Waals surface area contributed by atoms with Crippen LogP contribution < -0.4 is 16.0 Å². The van der Waals surface area contributed by atoms with Gasteiger partial charge in [0, 0.05) is 11.4 Å². The summed E-state index contributed by atoms with van der Waals surface area (Å²) >= 11 is 1.36. The standard InChI is InChI=1S/C21H21N7O3S/c1-11-12(8-22)6-7-17(24-11)27-19(29)13-10-32-16-9-23-20(28-18(13)16)25-14-4-2-3-5-15(14)26-21(30)31/h6-7,9-10,14-15,26H,2-5H2,1H3,(H,30,31)(H,23,25,28)(H,24,27,29). The number of carboxylic acid groups (broad SMARTS) is 1. The van der Waals surface area contributed by atoms with E-state index < -0.39 is 6.09 Å². The number of nitrogens with one attached hydrogen (secondary N) is 3. The molecule has 3 aromatic heterocycles. The Balaban J connectivity index is 1.54. The van der Waals surface area contributed by atoms with E-state index in [0.29, 0.717) is 34.1 Å². The van der Waals surface area contributed by atoms with Gasteiger partial charge in [0.1, 0.15) is 11.9 Å². The smallest absolute Gasteiger partial charge is 0.404 e. The van der Waals surface area contributed by atoms with Gasteiger partial charge in [-0.1, -0.05) is 12.8 Å². The van der Waals surface area contributed by atoms with Crippen LogP contribution >= 0.6 is 11.3 Å². The van der Waals surface area contributed by atoms with Crippen molar-refractivity contribution < 1.29 is 14.7 Å². The van der Waals surface area contributed by atoms with E-state index in [-0.39, 0.29) is 18.0 Å². The molecule has 1 aliphatic rings. The molecule has 11 heteroatoms. The van der Waals surface area contributed by atoms with Crippen molar-refractivity contribution in [2.24, 2.45) is 0 Å². The number of aromatic nitrogens is 3. The molecule has 32 heavy (non-hydrogen) atoms. The van der Waals surface area contributed by atoms with Crippen molar-refractivity contribution in [1.82, 2.24) is 20.3 Å². The molecule has 4 N–H and O–H groups in total. The molecule has 1 aliphatic carbocycles. The Morgan fingerprint density at radius 1 is 1.22 bits per heavy atom. The van der Waals surface area contributed by atoms with E-state index in [9.17, 15) is 9.59 Å². The van der Waals surface area contributed by atoms with Crippen LogP contribution in [0.4, 0.5) is 16.6 Å². The van der Waals surface area contributed by atoms with Crippen LogP contribution in [0.3, 0.4) is 0 Å². The number of fused-ring (bicyclic) bond motifs is 1. The maximum atomic E-state index is 12.9. The fraction of sp³-hybridized carbons (Fsp3) is 0.333. The van der Waals surface area contributed by atoms with Crippen molar-refractivity contribution in [2.45, 2.75) is 44.7 Å². The van der Waals surface area contributed by atoms with Crippen LogP contribution in [0.25, 0.3) is 10.2 Å². The minimum atomic E-state index is -1.05. The number of amides is 2. The number of pyridine rings is 1. The molecule has 3 heterocycles. The van der Waals surface area contributed by atoms with Gasteiger partial charge in [-0.15, -0.1) is 11.3 Å². The van der Waals surface area contributed by atoms with Gasteiger partial charge in [0.15, 0.2) is 0 Å². The summed E-state index contributed by atoms with van der Waals surface area (Å²) in [7, 11) is 0. The predicted octanol–water partition coefficient (Wildman–Crippen LogP) is 3.51. The van der Waals surface area contributed by atoms with Crippen LogP contribution in [-0.4, -0.2) is 44.1 Å². The van der Waals surface area contributed by atoms with Gasteiger partial charge in [-0.05, 0) is 31.9 Å². The number of thiophene rings is 1. The lowest BCUT2D eigenvalue weighted by molar-refractivity contribution is 0.102. The number of aryl methyl sites for hydroxylation is 1. The average molecular weight is 452 g/mol. The summed E-state index contributed by atoms with van der Waals surface area (Å²) < 4.78 is 0.758. The summed E-state index contributed by atoms with van der Waals surface area (Å²) in [5, 5.41) is 28.4. The lowest BCUT2D eigenvalue weighted by Crippen LogP contribution is -2.48. The first kappa shape index (κ1) is 21.5. The van der Waals surface area contributed by atoms with Crippen LogP contribution in [0, 0.1) is 18.3 Å². The molecule has 164 valence electrons. The minimum absolute atomic E-state index is 0.126. The molecule has 0 bridgehead atoms. The first-order valence-corrected chi connectivity index (χ1v) is 11.0. The van der Waals surface area contributed by atoms with E-state index in [2.05, 4.69) is 30.9 Å². The highest BCUT2D eigenvalue weighted by Gasteiger charge is 2.27. The zero-order valence-corrected chi connectivity index (χ0v) is 18.1. The predicted molar refractivity (Wildman–Crippen MR) is 120 cm³/mol. The van der Waals surface area contributed by atoms with Crippen LogP contribution in [0.1, 0.15) is 47.3 Å². The second-order valence-electron chi connectivity index (χ2n) is 7.54. The zero-order valence-electron chi connectivity index (χ0n) is 17.3. The van der Waals surface area contributed by atoms with Crippen LogP contribution in [-0.2, 0) is 0 Å². The first-order valence-electron chi connectivity index (χ1n) is 10.1. The van der Waals surface area contributed by atoms with Gasteiger partial charge in [0.25, 0.3) is 5.91 Å². The molecule has 4 rings (SSSR count). The number of nitrogens with zero attached hydrogens (tertiary/aromatic N) is 4. The van der Waals surface area contributed by atoms with Gasteiger partial charge in [-0.2, -0.15) is 5.26 Å². The average Bonchev–Trinajstić information content (AvgIpc) is 3.18. The van der Waals surface area contributed by atoms with Crippen LogP contribution in [0.2, 0.25) is 0 Å². The number of anilines is 2. The second-order valence-corrected chi connectivity index (χ2v) is 8.45. The van der Waals surface area contributed by atoms with Gasteiger partial charge in [0.05, 0.1) is 39.3 Å². The highest BCUT2D eigenvalue weighted by Crippen LogP contribution is 2.27. The van der Waals surface area contributed by atoms with E-state index in [1.165, 1.54) is 11.3 Å². The SMILES string of the molecule is Cc1nc(NC(=O)c2csc3cnc(NC4CCCCC4NC(=O)O)nc23)ccc1C#N. The van der Waals surface area contributed by atoms with Crippen LogP contribution in [0.15, 0.2) is 23.7 Å². The zero-order chi connectivity index (χ0) is 22.7. The second kappa shape index (κ2) is 9.15. The molecule has 0 radical (unpaired) electrons. The molecule has 0 spiro atoms. The number of nitriles is 1. The maximum Gasteiger partial charge on any atom is 0.404 e. The lowest BCUT2D eigenvalue weighted by Gasteiger charge is -2.31. The Hall–Kier alpha value is -3.78. The molecule has 0 saturated heterocycles. The van der Waals surface area contributed by atoms with E-state index in [1.54, 1.807) is 30.6 Å². The van der Waals surface area contributed by atoms with Crippen LogP contribution in [0.5, 0.6) is 0 Å². The molecular weight excluding hydrogens is 430 g/mol. The highest BCUT2D eigenvalue weighted by atomic mass is 32.1. The summed E-state index contributed by atoms with van der Waals surface area (Å²) in [4.78, 5) is 37.1. The van der Waals surface area contributed by atoms with Crippen molar-refractivity contribution in [3.8, 4) is 6.07 Å². The summed E-state index contributed by atoms with van der Waals surface area (Å²) in [5.41, 5.74) is 1.88. The monoisotopic (exact) mass is 451 g/mol. The highest BCUT2D eigenvalue weighted by molar-refractivity contribution is 7.17. The third kappa shape index (κ3) is 4.60. The molecule has 1 fully saturated rings. The van der Waals surface area contributed by atoms with Gasteiger partial charge in [0.2, 0.25) is 5.95 Å². The van der Waals surface area contributed by atoms with Crippen molar-refractivity contribution in [3.63, 3.8) is 0 Å². The lowest BCUT2D eigenvalue weighted by atomic mass is 9.90. The Bertz CT molecular complexity index is 1220. The third-order valence-corrected chi connectivity index (χ3v) is 6.30. The van der Waals surface area contributed by atoms with Gasteiger partial charge >= 0.3 is 6.09 Å². The van der Waals surface area contributed by atoms with E-state index in [0.717, 1.165) is 30.4 Å². The molecule has 10 nitrogen and oxygen atoms in total. The van der Waals surface area contributed by atoms with E-state index >= 15 is 0 Å². The maximum absolute atomic E-state index is 12.9. The molecule has 2 unspecified atom stereocenters. The molecule has 0 aromatic carbocycles. The van der Waals surface area contributed by atoms with Gasteiger partial charge < -0.3 is 21.1 Å². The van der Waals surface area contributed by atoms with Crippen molar-refractivity contribution in [1.29, 1.82) is 5.26 Å². The summed E-state index contributed by atoms with van der Waals surface area (Å²) in [5.74, 6) is 0.338. The summed E-state index contributed by atoms with van der Waals surface area (Å²) in [6.07, 6.45) is 4.09. The number of carbonyl (C=O) groups is 2. The Morgan fingerprint density at radius 2 is 2.00 bits per heavy atom. The number of hydrogen-bond donors (Lipinski definition) is 4. The van der Waals surface area contributed by atoms with E-state index in [4.69, 9.17) is 10.4 Å². The van der Waals surface area contributed by atoms with Crippen molar-refractivity contribution >= 4 is 45.3 Å². The molecule has 3 aromatic rings. The first-order chi connectivity index (χ1) is 15.4. The van der Waals surface area contributed by atoms with Crippen molar-refractivity contribution in [2.75, 3.05) is 10.6 Å². The molecule has 1 saturated carbocycles. The quantitative estimate of drug-likeness (QED) is 0.460. The minimum Gasteiger partial charge on any atom is -0.465 e. The summed E-state index contributed by atoms with van der Waals surface area (Å²) in [6, 6.07) is 4.89. The largest absolute Gasteiger partial charge is 0.465 e. The van der Waals surface area contributed by atoms with E-state index in [1.807, 2.05) is 6.07 Å². The van der Waals surface area contributed by atoms with Gasteiger partial charge in [-0.25, -0.2) is 19.7 Å². The Morgan fingerprint density at radius 3 is 2.72 bits per heavy atom. The van der Waals surface area contributed by atoms with Crippen molar-refractivity contribution in [3.05, 3.63) is 40.5 Å². The third-order valence-electron chi connectivity index (χ3n) is 5.40. The fourth-order valence-electron chi connectivity index (χ4n) is 3.79. The Labute approximate surface area is 187 Å². The number of rotatable bonds is 5. The summed E-state index contributed by atoms with van der Waals surface area (Å²) in [6.45, 7) is 1.71. The normalized spacial score (nSPS) is 18.0. The Kier molecular flexibility index (Phi) is 6.13. The molecular formula is C21H21N7O3S. The number of hydrogen-bond acceptors (Lipinski definition) is 8. The number of carbonyl (C=O) groups excluding carboxylic acids is 1. The fourth-order valence-corrected chi connectivity index (χ4v) is 4.64. The molecule has 2 atom stereocenters. The molecule has 2 amide bonds.